The fraction of sp³-hybridized carbons (Fsp3) is 0.286. The number of ether oxygens (including phenoxy) is 3. The summed E-state index contributed by atoms with van der Waals surface area (Å²) in [6.45, 7) is 9.09. The van der Waals surface area contributed by atoms with Crippen molar-refractivity contribution in [3.05, 3.63) is 131 Å². The zero-order valence-corrected chi connectivity index (χ0v) is 35.7. The standard InChI is InChI=1S/C20H17Cl2FN2O2.C18H14Cl3FO3.C4H10N2/c1-12-4-6-13(7-5-12)27-17-10-14(16(23)11-15(17)21)18-19(22)24-8-2-3-9-25(24)20(18)26;1-3-24-18(23)16(17(20)21)12-8-15(13(19)9-14(12)22)25-11-6-4-10(2)5-7-11;1-2-4-6-5-3-1/h4-7,10-11H,2-3,8-9H2,1H3;4-9H,3H2,1-2H3;5-6H,1-4H2. The first-order chi connectivity index (χ1) is 27.8. The Morgan fingerprint density at radius 1 is 0.724 bits per heavy atom. The molecule has 0 aliphatic carbocycles. The van der Waals surface area contributed by atoms with Crippen molar-refractivity contribution in [1.29, 1.82) is 0 Å². The molecule has 0 unspecified atom stereocenters. The van der Waals surface area contributed by atoms with E-state index in [0.717, 1.165) is 49.2 Å². The van der Waals surface area contributed by atoms with Crippen LogP contribution in [0, 0.1) is 25.5 Å². The van der Waals surface area contributed by atoms with Crippen molar-refractivity contribution < 1.29 is 27.8 Å². The third-order valence-electron chi connectivity index (χ3n) is 8.89. The SMILES string of the molecule is C1CCNNC1.CCOC(=O)C(=C(Cl)Cl)c1cc(Oc2ccc(C)cc2)c(Cl)cc1F.Cc1ccc(Oc2cc(-c3c(Cl)n4n(c3=O)CCCC4)c(F)cc2Cl)cc1. The Kier molecular flexibility index (Phi) is 16.5. The van der Waals surface area contributed by atoms with E-state index in [4.69, 9.17) is 72.2 Å². The van der Waals surface area contributed by atoms with Gasteiger partial charge in [-0.25, -0.2) is 18.3 Å². The topological polar surface area (TPSA) is 95.8 Å². The van der Waals surface area contributed by atoms with Crippen LogP contribution < -0.4 is 25.9 Å². The molecule has 5 aromatic rings. The predicted octanol–water partition coefficient (Wildman–Crippen LogP) is 11.8. The summed E-state index contributed by atoms with van der Waals surface area (Å²) in [5, 5.41) is 0.398. The number of aryl methyl sites for hydroxylation is 2. The molecule has 7 rings (SSSR count). The van der Waals surface area contributed by atoms with Crippen LogP contribution in [0.1, 0.15) is 49.3 Å². The summed E-state index contributed by atoms with van der Waals surface area (Å²) in [5.74, 6) is -0.741. The Balaban J connectivity index is 0.000000193. The number of fused-ring (bicyclic) bond motifs is 1. The van der Waals surface area contributed by atoms with Gasteiger partial charge in [0.05, 0.1) is 22.2 Å². The molecule has 2 aliphatic rings. The molecule has 0 atom stereocenters. The van der Waals surface area contributed by atoms with Gasteiger partial charge in [-0.3, -0.25) is 20.3 Å². The fourth-order valence-corrected chi connectivity index (χ4v) is 7.01. The van der Waals surface area contributed by atoms with Gasteiger partial charge in [-0.05, 0) is 95.0 Å². The number of carbonyl (C=O) groups is 1. The molecule has 0 spiro atoms. The van der Waals surface area contributed by atoms with E-state index in [-0.39, 0.29) is 61.1 Å². The normalized spacial score (nSPS) is 13.2. The Hall–Kier alpha value is -4.07. The Labute approximate surface area is 360 Å². The van der Waals surface area contributed by atoms with Gasteiger partial charge < -0.3 is 14.2 Å². The highest BCUT2D eigenvalue weighted by Crippen LogP contribution is 2.39. The van der Waals surface area contributed by atoms with Crippen LogP contribution in [0.2, 0.25) is 15.2 Å². The van der Waals surface area contributed by atoms with E-state index in [2.05, 4.69) is 10.9 Å². The van der Waals surface area contributed by atoms with Crippen molar-refractivity contribution >= 4 is 69.5 Å². The van der Waals surface area contributed by atoms with Crippen molar-refractivity contribution in [2.45, 2.75) is 59.5 Å². The number of hydrazine groups is 1. The second-order valence-corrected chi connectivity index (χ2v) is 15.3. The third-order valence-corrected chi connectivity index (χ3v) is 10.2. The second kappa shape index (κ2) is 21.3. The molecule has 2 aliphatic heterocycles. The summed E-state index contributed by atoms with van der Waals surface area (Å²) in [6.07, 6.45) is 4.47. The molecular formula is C42H41Cl5F2N4O5. The van der Waals surface area contributed by atoms with E-state index in [9.17, 15) is 18.4 Å². The van der Waals surface area contributed by atoms with E-state index < -0.39 is 22.1 Å². The Morgan fingerprint density at radius 3 is 1.69 bits per heavy atom. The smallest absolute Gasteiger partial charge is 0.341 e. The number of hydrogen-bond acceptors (Lipinski definition) is 7. The lowest BCUT2D eigenvalue weighted by Crippen LogP contribution is -2.37. The zero-order chi connectivity index (χ0) is 41.9. The molecule has 9 nitrogen and oxygen atoms in total. The summed E-state index contributed by atoms with van der Waals surface area (Å²) in [6, 6.07) is 19.5. The lowest BCUT2D eigenvalue weighted by Gasteiger charge is -2.17. The van der Waals surface area contributed by atoms with Crippen LogP contribution in [-0.4, -0.2) is 35.0 Å². The van der Waals surface area contributed by atoms with Gasteiger partial charge in [-0.2, -0.15) is 0 Å². The van der Waals surface area contributed by atoms with E-state index in [1.165, 1.54) is 25.0 Å². The highest BCUT2D eigenvalue weighted by atomic mass is 35.5. The molecule has 16 heteroatoms. The summed E-state index contributed by atoms with van der Waals surface area (Å²) in [7, 11) is 0. The lowest BCUT2D eigenvalue weighted by atomic mass is 10.1. The molecule has 2 N–H and O–H groups in total. The molecular weight excluding hydrogens is 856 g/mol. The van der Waals surface area contributed by atoms with Crippen LogP contribution in [0.4, 0.5) is 8.78 Å². The van der Waals surface area contributed by atoms with Crippen LogP contribution in [0.25, 0.3) is 16.7 Å². The second-order valence-electron chi connectivity index (χ2n) is 13.2. The lowest BCUT2D eigenvalue weighted by molar-refractivity contribution is -0.136. The fourth-order valence-electron chi connectivity index (χ4n) is 5.91. The van der Waals surface area contributed by atoms with Crippen molar-refractivity contribution in [2.75, 3.05) is 19.7 Å². The molecule has 0 saturated carbocycles. The summed E-state index contributed by atoms with van der Waals surface area (Å²) in [4.78, 5) is 24.8. The van der Waals surface area contributed by atoms with E-state index in [1.807, 2.05) is 38.1 Å². The van der Waals surface area contributed by atoms with Crippen molar-refractivity contribution in [1.82, 2.24) is 20.2 Å². The van der Waals surface area contributed by atoms with E-state index in [0.29, 0.717) is 24.6 Å². The van der Waals surface area contributed by atoms with Crippen LogP contribution in [0.3, 0.4) is 0 Å². The number of nitrogens with zero attached hydrogens (tertiary/aromatic N) is 2. The van der Waals surface area contributed by atoms with Gasteiger partial charge in [0.2, 0.25) is 0 Å². The van der Waals surface area contributed by atoms with Crippen LogP contribution >= 0.6 is 58.0 Å². The largest absolute Gasteiger partial charge is 0.462 e. The van der Waals surface area contributed by atoms with Gasteiger partial charge in [0, 0.05) is 37.3 Å². The third kappa shape index (κ3) is 11.6. The van der Waals surface area contributed by atoms with E-state index in [1.54, 1.807) is 40.6 Å². The first kappa shape index (κ1) is 45.0. The average Bonchev–Trinajstić information content (AvgIpc) is 3.46. The van der Waals surface area contributed by atoms with Gasteiger partial charge in [-0.15, -0.1) is 0 Å². The van der Waals surface area contributed by atoms with Gasteiger partial charge in [-0.1, -0.05) is 93.4 Å². The molecule has 1 saturated heterocycles. The number of halogens is 7. The molecule has 0 bridgehead atoms. The molecule has 4 aromatic carbocycles. The minimum Gasteiger partial charge on any atom is -0.462 e. The van der Waals surface area contributed by atoms with Gasteiger partial charge in [0.1, 0.15) is 49.9 Å². The number of rotatable bonds is 8. The summed E-state index contributed by atoms with van der Waals surface area (Å²) >= 11 is 30.1. The zero-order valence-electron chi connectivity index (χ0n) is 31.9. The molecule has 3 heterocycles. The molecule has 58 heavy (non-hydrogen) atoms. The summed E-state index contributed by atoms with van der Waals surface area (Å²) in [5.41, 5.74) is 7.68. The number of hydrogen-bond donors (Lipinski definition) is 2. The predicted molar refractivity (Wildman–Crippen MR) is 228 cm³/mol. The molecule has 0 amide bonds. The number of nitrogens with one attached hydrogen (secondary N) is 2. The molecule has 1 aromatic heterocycles. The average molecular weight is 897 g/mol. The Morgan fingerprint density at radius 2 is 1.22 bits per heavy atom. The highest BCUT2D eigenvalue weighted by molar-refractivity contribution is 6.61. The van der Waals surface area contributed by atoms with Crippen LogP contribution in [-0.2, 0) is 22.6 Å². The van der Waals surface area contributed by atoms with Gasteiger partial charge >= 0.3 is 5.97 Å². The van der Waals surface area contributed by atoms with Crippen molar-refractivity contribution in [2.24, 2.45) is 0 Å². The minimum atomic E-state index is -0.843. The van der Waals surface area contributed by atoms with Crippen molar-refractivity contribution in [3.63, 3.8) is 0 Å². The minimum absolute atomic E-state index is 0.0377. The number of carbonyl (C=O) groups excluding carboxylic acids is 1. The van der Waals surface area contributed by atoms with E-state index >= 15 is 0 Å². The maximum Gasteiger partial charge on any atom is 0.341 e. The number of benzene rings is 4. The number of aromatic nitrogens is 2. The maximum absolute atomic E-state index is 14.7. The van der Waals surface area contributed by atoms with Crippen LogP contribution in [0.15, 0.2) is 82.1 Å². The summed E-state index contributed by atoms with van der Waals surface area (Å²) < 4.78 is 48.2. The maximum atomic E-state index is 14.7. The molecule has 0 radical (unpaired) electrons. The Bertz CT molecular complexity index is 2300. The highest BCUT2D eigenvalue weighted by Gasteiger charge is 2.26. The molecule has 1 fully saturated rings. The monoisotopic (exact) mass is 894 g/mol. The first-order valence-electron chi connectivity index (χ1n) is 18.4. The first-order valence-corrected chi connectivity index (χ1v) is 20.3. The van der Waals surface area contributed by atoms with Crippen LogP contribution in [0.5, 0.6) is 23.0 Å². The van der Waals surface area contributed by atoms with Crippen molar-refractivity contribution in [3.8, 4) is 34.1 Å². The molecule has 308 valence electrons. The van der Waals surface area contributed by atoms with Gasteiger partial charge in [0.15, 0.2) is 0 Å². The number of esters is 1. The quantitative estimate of drug-likeness (QED) is 0.118. The van der Waals surface area contributed by atoms with Gasteiger partial charge in [0.25, 0.3) is 5.56 Å².